The molecule has 0 aliphatic rings. The van der Waals surface area contributed by atoms with Crippen LogP contribution in [0.25, 0.3) is 11.3 Å². The van der Waals surface area contributed by atoms with E-state index in [9.17, 15) is 0 Å². The van der Waals surface area contributed by atoms with Crippen molar-refractivity contribution >= 4 is 28.6 Å². The third-order valence-corrected chi connectivity index (χ3v) is 5.27. The number of hydrogen-bond donors (Lipinski definition) is 0. The molecule has 2 nitrogen and oxygen atoms in total. The second-order valence-electron chi connectivity index (χ2n) is 5.86. The van der Waals surface area contributed by atoms with Gasteiger partial charge in [-0.2, -0.15) is 0 Å². The first-order chi connectivity index (χ1) is 12.1. The van der Waals surface area contributed by atoms with E-state index in [1.54, 1.807) is 11.3 Å². The number of nitrogens with zero attached hydrogens (tertiary/aromatic N) is 2. The molecule has 0 aliphatic heterocycles. The zero-order valence-electron chi connectivity index (χ0n) is 14.5. The Morgan fingerprint density at radius 1 is 1.20 bits per heavy atom. The van der Waals surface area contributed by atoms with E-state index in [1.807, 2.05) is 30.3 Å². The Morgan fingerprint density at radius 3 is 2.64 bits per heavy atom. The Kier molecular flexibility index (Phi) is 5.57. The van der Waals surface area contributed by atoms with Crippen molar-refractivity contribution in [3.63, 3.8) is 0 Å². The van der Waals surface area contributed by atoms with Gasteiger partial charge in [-0.25, -0.2) is 4.99 Å². The monoisotopic (exact) mass is 368 g/mol. The molecule has 2 aromatic carbocycles. The van der Waals surface area contributed by atoms with Crippen molar-refractivity contribution in [3.05, 3.63) is 81.5 Å². The first-order valence-corrected chi connectivity index (χ1v) is 9.58. The minimum Gasteiger partial charge on any atom is -0.313 e. The summed E-state index contributed by atoms with van der Waals surface area (Å²) in [5, 5.41) is 2.89. The maximum absolute atomic E-state index is 6.02. The molecule has 3 rings (SSSR count). The topological polar surface area (TPSA) is 17.3 Å². The van der Waals surface area contributed by atoms with Gasteiger partial charge in [0.05, 0.1) is 11.4 Å². The average molecular weight is 369 g/mol. The lowest BCUT2D eigenvalue weighted by Crippen LogP contribution is -2.15. The molecule has 0 fully saturated rings. The molecule has 0 spiro atoms. The fraction of sp³-hybridized carbons (Fsp3) is 0.190. The van der Waals surface area contributed by atoms with Crippen LogP contribution >= 0.6 is 22.9 Å². The van der Waals surface area contributed by atoms with Gasteiger partial charge in [0, 0.05) is 16.9 Å². The van der Waals surface area contributed by atoms with Gasteiger partial charge >= 0.3 is 0 Å². The molecule has 0 atom stereocenters. The first kappa shape index (κ1) is 17.7. The Balaban J connectivity index is 2.18. The van der Waals surface area contributed by atoms with Gasteiger partial charge < -0.3 is 4.57 Å². The van der Waals surface area contributed by atoms with E-state index in [-0.39, 0.29) is 0 Å². The summed E-state index contributed by atoms with van der Waals surface area (Å²) in [6.07, 6.45) is 2.88. The first-order valence-electron chi connectivity index (χ1n) is 8.32. The lowest BCUT2D eigenvalue weighted by atomic mass is 10.1. The van der Waals surface area contributed by atoms with Gasteiger partial charge in [-0.1, -0.05) is 54.9 Å². The maximum atomic E-state index is 6.02. The van der Waals surface area contributed by atoms with Gasteiger partial charge in [-0.15, -0.1) is 17.9 Å². The molecular weight excluding hydrogens is 348 g/mol. The van der Waals surface area contributed by atoms with Crippen LogP contribution in [-0.4, -0.2) is 4.57 Å². The van der Waals surface area contributed by atoms with Crippen molar-refractivity contribution in [3.8, 4) is 11.3 Å². The second kappa shape index (κ2) is 7.85. The molecule has 25 heavy (non-hydrogen) atoms. The molecule has 1 heterocycles. The molecule has 0 unspecified atom stereocenters. The molecule has 0 amide bonds. The summed E-state index contributed by atoms with van der Waals surface area (Å²) in [4.78, 5) is 5.98. The predicted octanol–water partition coefficient (Wildman–Crippen LogP) is 6.16. The van der Waals surface area contributed by atoms with Crippen LogP contribution in [0.15, 0.2) is 65.5 Å². The Bertz CT molecular complexity index is 949. The number of allylic oxidation sites excluding steroid dienone is 1. The third kappa shape index (κ3) is 3.78. The quantitative estimate of drug-likeness (QED) is 0.480. The second-order valence-corrected chi connectivity index (χ2v) is 7.13. The van der Waals surface area contributed by atoms with Crippen molar-refractivity contribution in [1.29, 1.82) is 0 Å². The summed E-state index contributed by atoms with van der Waals surface area (Å²) < 4.78 is 2.20. The molecule has 0 aliphatic carbocycles. The zero-order valence-corrected chi connectivity index (χ0v) is 16.1. The highest BCUT2D eigenvalue weighted by atomic mass is 35.5. The van der Waals surface area contributed by atoms with E-state index in [4.69, 9.17) is 16.6 Å². The smallest absolute Gasteiger partial charge is 0.190 e. The fourth-order valence-electron chi connectivity index (χ4n) is 2.84. The van der Waals surface area contributed by atoms with Crippen LogP contribution in [0, 0.1) is 6.92 Å². The van der Waals surface area contributed by atoms with Crippen LogP contribution in [0.5, 0.6) is 0 Å². The maximum Gasteiger partial charge on any atom is 0.190 e. The predicted molar refractivity (Wildman–Crippen MR) is 109 cm³/mol. The number of aromatic nitrogens is 1. The van der Waals surface area contributed by atoms with Crippen LogP contribution in [0.3, 0.4) is 0 Å². The Labute approximate surface area is 157 Å². The molecule has 0 bridgehead atoms. The van der Waals surface area contributed by atoms with Crippen LogP contribution in [0.4, 0.5) is 5.69 Å². The molecule has 0 saturated heterocycles. The molecular formula is C21H21ClN2S. The van der Waals surface area contributed by atoms with Gasteiger partial charge in [-0.05, 0) is 42.2 Å². The minimum absolute atomic E-state index is 0.716. The van der Waals surface area contributed by atoms with Crippen molar-refractivity contribution in [2.75, 3.05) is 0 Å². The summed E-state index contributed by atoms with van der Waals surface area (Å²) in [5.41, 5.74) is 5.81. The standard InChI is InChI=1S/C21H21ClN2S/c1-4-13-24-19(17-9-11-18(22)12-10-17)14-25-21(24)23-20-15(3)7-6-8-16(20)5-2/h4,6-12,14H,1,5,13H2,2-3H3. The Morgan fingerprint density at radius 2 is 1.96 bits per heavy atom. The summed E-state index contributed by atoms with van der Waals surface area (Å²) in [6, 6.07) is 14.3. The lowest BCUT2D eigenvalue weighted by molar-refractivity contribution is 0.799. The van der Waals surface area contributed by atoms with E-state index >= 15 is 0 Å². The van der Waals surface area contributed by atoms with Gasteiger partial charge in [0.25, 0.3) is 0 Å². The summed E-state index contributed by atoms with van der Waals surface area (Å²) >= 11 is 7.68. The van der Waals surface area contributed by atoms with Crippen LogP contribution in [-0.2, 0) is 13.0 Å². The van der Waals surface area contributed by atoms with Crippen LogP contribution < -0.4 is 4.80 Å². The van der Waals surface area contributed by atoms with Gasteiger partial charge in [0.1, 0.15) is 0 Å². The van der Waals surface area contributed by atoms with E-state index < -0.39 is 0 Å². The number of hydrogen-bond acceptors (Lipinski definition) is 2. The molecule has 4 heteroatoms. The van der Waals surface area contributed by atoms with Crippen molar-refractivity contribution in [2.45, 2.75) is 26.8 Å². The highest BCUT2D eigenvalue weighted by Gasteiger charge is 2.09. The average Bonchev–Trinajstić information content (AvgIpc) is 3.00. The zero-order chi connectivity index (χ0) is 17.8. The van der Waals surface area contributed by atoms with Crippen molar-refractivity contribution < 1.29 is 0 Å². The number of para-hydroxylation sites is 1. The largest absolute Gasteiger partial charge is 0.313 e. The van der Waals surface area contributed by atoms with Gasteiger partial charge in [-0.3, -0.25) is 0 Å². The van der Waals surface area contributed by atoms with Crippen molar-refractivity contribution in [1.82, 2.24) is 4.57 Å². The number of rotatable bonds is 5. The van der Waals surface area contributed by atoms with E-state index in [1.165, 1.54) is 11.1 Å². The summed E-state index contributed by atoms with van der Waals surface area (Å²) in [7, 11) is 0. The van der Waals surface area contributed by atoms with E-state index in [0.717, 1.165) is 33.2 Å². The molecule has 0 radical (unpaired) electrons. The normalized spacial score (nSPS) is 11.7. The highest BCUT2D eigenvalue weighted by Crippen LogP contribution is 2.26. The van der Waals surface area contributed by atoms with E-state index in [0.29, 0.717) is 6.54 Å². The van der Waals surface area contributed by atoms with Gasteiger partial charge in [0.15, 0.2) is 4.80 Å². The number of aryl methyl sites for hydroxylation is 2. The third-order valence-electron chi connectivity index (χ3n) is 4.16. The van der Waals surface area contributed by atoms with Crippen LogP contribution in [0.1, 0.15) is 18.1 Å². The summed E-state index contributed by atoms with van der Waals surface area (Å²) in [5.74, 6) is 0. The summed E-state index contributed by atoms with van der Waals surface area (Å²) in [6.45, 7) is 8.90. The highest BCUT2D eigenvalue weighted by molar-refractivity contribution is 7.07. The lowest BCUT2D eigenvalue weighted by Gasteiger charge is -2.09. The number of halogens is 1. The molecule has 1 aromatic heterocycles. The SMILES string of the molecule is C=CCn1c(-c2ccc(Cl)cc2)csc1=Nc1c(C)cccc1CC. The number of benzene rings is 2. The van der Waals surface area contributed by atoms with E-state index in [2.05, 4.69) is 48.6 Å². The fourth-order valence-corrected chi connectivity index (χ4v) is 3.89. The van der Waals surface area contributed by atoms with Gasteiger partial charge in [0.2, 0.25) is 0 Å². The molecule has 0 saturated carbocycles. The van der Waals surface area contributed by atoms with Crippen LogP contribution in [0.2, 0.25) is 5.02 Å². The Hall–Kier alpha value is -2.10. The minimum atomic E-state index is 0.716. The molecule has 0 N–H and O–H groups in total. The number of thiazole rings is 1. The molecule has 3 aromatic rings. The van der Waals surface area contributed by atoms with Crippen molar-refractivity contribution in [2.24, 2.45) is 4.99 Å². The molecule has 128 valence electrons.